The van der Waals surface area contributed by atoms with Crippen molar-refractivity contribution in [3.05, 3.63) is 65.8 Å². The van der Waals surface area contributed by atoms with Crippen LogP contribution in [0.4, 0.5) is 0 Å². The summed E-state index contributed by atoms with van der Waals surface area (Å²) in [5, 5.41) is 0. The third-order valence-electron chi connectivity index (χ3n) is 2.49. The quantitative estimate of drug-likeness (QED) is 0.653. The van der Waals surface area contributed by atoms with Gasteiger partial charge < -0.3 is 0 Å². The summed E-state index contributed by atoms with van der Waals surface area (Å²) in [6, 6.07) is 10.3. The fourth-order valence-corrected chi connectivity index (χ4v) is 1.76. The molecule has 1 aliphatic carbocycles. The van der Waals surface area contributed by atoms with E-state index in [-0.39, 0.29) is 0 Å². The third-order valence-corrected chi connectivity index (χ3v) is 2.49. The van der Waals surface area contributed by atoms with Gasteiger partial charge in [0.2, 0.25) is 0 Å². The molecule has 2 rings (SSSR count). The van der Waals surface area contributed by atoms with Crippen molar-refractivity contribution in [2.75, 3.05) is 0 Å². The smallest absolute Gasteiger partial charge is 0.0732 e. The predicted octanol–water partition coefficient (Wildman–Crippen LogP) is 4.00. The Morgan fingerprint density at radius 1 is 1.19 bits per heavy atom. The first-order valence-corrected chi connectivity index (χ1v) is 5.52. The van der Waals surface area contributed by atoms with E-state index >= 15 is 0 Å². The highest BCUT2D eigenvalue weighted by molar-refractivity contribution is 5.76. The van der Waals surface area contributed by atoms with Crippen LogP contribution in [0.2, 0.25) is 0 Å². The Bertz CT molecular complexity index is 461. The average molecular weight is 209 g/mol. The fourth-order valence-electron chi connectivity index (χ4n) is 1.76. The first kappa shape index (κ1) is 10.6. The topological polar surface area (TPSA) is 12.4 Å². The van der Waals surface area contributed by atoms with Gasteiger partial charge in [0.15, 0.2) is 0 Å². The Kier molecular flexibility index (Phi) is 3.50. The molecule has 0 saturated carbocycles. The zero-order chi connectivity index (χ0) is 11.2. The monoisotopic (exact) mass is 209 g/mol. The lowest BCUT2D eigenvalue weighted by Crippen LogP contribution is -1.89. The van der Waals surface area contributed by atoms with Crippen molar-refractivity contribution in [1.82, 2.24) is 0 Å². The van der Waals surface area contributed by atoms with E-state index in [1.807, 2.05) is 31.3 Å². The lowest BCUT2D eigenvalue weighted by molar-refractivity contribution is 1.25. The second-order valence-corrected chi connectivity index (χ2v) is 3.62. The summed E-state index contributed by atoms with van der Waals surface area (Å²) < 4.78 is 0. The van der Waals surface area contributed by atoms with E-state index in [9.17, 15) is 0 Å². The molecule has 0 aliphatic heterocycles. The number of nitrogens with zero attached hydrogens (tertiary/aromatic N) is 1. The summed E-state index contributed by atoms with van der Waals surface area (Å²) in [6.07, 6.45) is 11.2. The third kappa shape index (κ3) is 2.37. The molecule has 16 heavy (non-hydrogen) atoms. The average Bonchev–Trinajstić information content (AvgIpc) is 2.38. The molecule has 0 bridgehead atoms. The van der Waals surface area contributed by atoms with Gasteiger partial charge in [0.25, 0.3) is 0 Å². The molecule has 0 N–H and O–H groups in total. The molecule has 1 heteroatoms. The molecule has 0 radical (unpaired) electrons. The number of aliphatic imine (C=N–C) groups is 1. The van der Waals surface area contributed by atoms with Gasteiger partial charge in [-0.05, 0) is 18.9 Å². The summed E-state index contributed by atoms with van der Waals surface area (Å²) in [6.45, 7) is 1.95. The van der Waals surface area contributed by atoms with Crippen LogP contribution in [0.5, 0.6) is 0 Å². The van der Waals surface area contributed by atoms with Crippen LogP contribution in [0.25, 0.3) is 5.70 Å². The van der Waals surface area contributed by atoms with Crippen LogP contribution in [0, 0.1) is 0 Å². The van der Waals surface area contributed by atoms with Gasteiger partial charge in [-0.15, -0.1) is 0 Å². The molecule has 0 aromatic heterocycles. The van der Waals surface area contributed by atoms with E-state index in [4.69, 9.17) is 0 Å². The van der Waals surface area contributed by atoms with Crippen LogP contribution in [-0.4, -0.2) is 6.21 Å². The molecule has 0 heterocycles. The Labute approximate surface area is 96.5 Å². The molecule has 0 saturated heterocycles. The maximum atomic E-state index is 4.49. The van der Waals surface area contributed by atoms with Gasteiger partial charge in [0, 0.05) is 11.8 Å². The highest BCUT2D eigenvalue weighted by Gasteiger charge is 2.05. The van der Waals surface area contributed by atoms with E-state index in [0.717, 1.165) is 12.1 Å². The summed E-state index contributed by atoms with van der Waals surface area (Å²) in [7, 11) is 0. The lowest BCUT2D eigenvalue weighted by atomic mass is 10.0. The van der Waals surface area contributed by atoms with Crippen molar-refractivity contribution in [3.63, 3.8) is 0 Å². The molecule has 0 amide bonds. The molecule has 0 spiro atoms. The Balaban J connectivity index is 2.46. The minimum Gasteiger partial charge on any atom is -0.261 e. The maximum Gasteiger partial charge on any atom is 0.0732 e. The lowest BCUT2D eigenvalue weighted by Gasteiger charge is -2.09. The SMILES string of the molecule is CC=N/C(=C1/C=CC=CC1)c1ccccc1. The van der Waals surface area contributed by atoms with Crippen molar-refractivity contribution < 1.29 is 0 Å². The normalized spacial score (nSPS) is 18.1. The highest BCUT2D eigenvalue weighted by atomic mass is 14.7. The molecule has 0 unspecified atom stereocenters. The predicted molar refractivity (Wildman–Crippen MR) is 70.4 cm³/mol. The highest BCUT2D eigenvalue weighted by Crippen LogP contribution is 2.24. The zero-order valence-corrected chi connectivity index (χ0v) is 9.43. The number of benzene rings is 1. The van der Waals surface area contributed by atoms with Gasteiger partial charge in [-0.3, -0.25) is 4.99 Å². The minimum absolute atomic E-state index is 0.956. The Hall–Kier alpha value is -1.89. The van der Waals surface area contributed by atoms with Crippen molar-refractivity contribution in [2.24, 2.45) is 4.99 Å². The van der Waals surface area contributed by atoms with Crippen LogP contribution in [-0.2, 0) is 0 Å². The van der Waals surface area contributed by atoms with E-state index in [0.29, 0.717) is 0 Å². The maximum absolute atomic E-state index is 4.49. The van der Waals surface area contributed by atoms with Crippen LogP contribution in [0.15, 0.2) is 65.2 Å². The van der Waals surface area contributed by atoms with Crippen LogP contribution < -0.4 is 0 Å². The van der Waals surface area contributed by atoms with E-state index in [1.165, 1.54) is 11.1 Å². The van der Waals surface area contributed by atoms with Gasteiger partial charge in [-0.25, -0.2) is 0 Å². The molecule has 80 valence electrons. The van der Waals surface area contributed by atoms with Gasteiger partial charge in [-0.2, -0.15) is 0 Å². The summed E-state index contributed by atoms with van der Waals surface area (Å²) in [5.41, 5.74) is 3.52. The van der Waals surface area contributed by atoms with Gasteiger partial charge in [-0.1, -0.05) is 54.6 Å². The summed E-state index contributed by atoms with van der Waals surface area (Å²) in [4.78, 5) is 4.49. The molecule has 1 nitrogen and oxygen atoms in total. The number of rotatable bonds is 2. The van der Waals surface area contributed by atoms with Crippen molar-refractivity contribution in [1.29, 1.82) is 0 Å². The first-order chi connectivity index (χ1) is 7.92. The molecule has 1 aliphatic rings. The molecule has 0 atom stereocenters. The van der Waals surface area contributed by atoms with Crippen LogP contribution >= 0.6 is 0 Å². The van der Waals surface area contributed by atoms with Crippen LogP contribution in [0.1, 0.15) is 18.9 Å². The standard InChI is InChI=1S/C15H15N/c1-2-16-15(13-9-5-3-6-10-13)14-11-7-4-8-12-14/h2-11H,12H2,1H3/b15-14-,16-2?. The molecule has 1 aromatic rings. The number of allylic oxidation sites excluding steroid dienone is 5. The zero-order valence-electron chi connectivity index (χ0n) is 9.43. The second-order valence-electron chi connectivity index (χ2n) is 3.62. The number of hydrogen-bond acceptors (Lipinski definition) is 1. The van der Waals surface area contributed by atoms with E-state index in [1.54, 1.807) is 0 Å². The van der Waals surface area contributed by atoms with Gasteiger partial charge >= 0.3 is 0 Å². The minimum atomic E-state index is 0.956. The molecule has 0 fully saturated rings. The first-order valence-electron chi connectivity index (χ1n) is 5.52. The summed E-state index contributed by atoms with van der Waals surface area (Å²) in [5.74, 6) is 0. The second kappa shape index (κ2) is 5.26. The van der Waals surface area contributed by atoms with Gasteiger partial charge in [0.1, 0.15) is 0 Å². The largest absolute Gasteiger partial charge is 0.261 e. The van der Waals surface area contributed by atoms with Crippen molar-refractivity contribution in [2.45, 2.75) is 13.3 Å². The fraction of sp³-hybridized carbons (Fsp3) is 0.133. The Morgan fingerprint density at radius 3 is 2.62 bits per heavy atom. The van der Waals surface area contributed by atoms with Crippen molar-refractivity contribution in [3.8, 4) is 0 Å². The van der Waals surface area contributed by atoms with Crippen LogP contribution in [0.3, 0.4) is 0 Å². The van der Waals surface area contributed by atoms with E-state index in [2.05, 4.69) is 41.4 Å². The molecule has 1 aromatic carbocycles. The Morgan fingerprint density at radius 2 is 2.00 bits per heavy atom. The summed E-state index contributed by atoms with van der Waals surface area (Å²) >= 11 is 0. The van der Waals surface area contributed by atoms with E-state index < -0.39 is 0 Å². The molecular formula is C15H15N. The van der Waals surface area contributed by atoms with Gasteiger partial charge in [0.05, 0.1) is 5.70 Å². The molecular weight excluding hydrogens is 194 g/mol. The van der Waals surface area contributed by atoms with Crippen molar-refractivity contribution >= 4 is 11.9 Å². The number of hydrogen-bond donors (Lipinski definition) is 0.